The Labute approximate surface area is 152 Å². The van der Waals surface area contributed by atoms with Crippen LogP contribution < -0.4 is 16.2 Å². The molecule has 0 amide bonds. The van der Waals surface area contributed by atoms with E-state index in [2.05, 4.69) is 45.2 Å². The molecule has 0 aromatic carbocycles. The van der Waals surface area contributed by atoms with Gasteiger partial charge in [-0.05, 0) is 61.1 Å². The number of hydrazine groups is 1. The summed E-state index contributed by atoms with van der Waals surface area (Å²) in [6.45, 7) is 3.01. The fourth-order valence-corrected chi connectivity index (χ4v) is 4.17. The SMILES string of the molecule is CC1NNC(C2CC2)C1c1cc(NCc2ccncc2)nc2[nH]ccc12. The second kappa shape index (κ2) is 6.37. The van der Waals surface area contributed by atoms with Crippen molar-refractivity contribution in [3.8, 4) is 0 Å². The number of hydrogen-bond acceptors (Lipinski definition) is 5. The minimum atomic E-state index is 0.397. The smallest absolute Gasteiger partial charge is 0.139 e. The van der Waals surface area contributed by atoms with Gasteiger partial charge in [0.05, 0.1) is 0 Å². The number of rotatable bonds is 5. The summed E-state index contributed by atoms with van der Waals surface area (Å²) >= 11 is 0. The molecule has 26 heavy (non-hydrogen) atoms. The van der Waals surface area contributed by atoms with Crippen molar-refractivity contribution in [3.63, 3.8) is 0 Å². The molecule has 1 aliphatic heterocycles. The van der Waals surface area contributed by atoms with Crippen molar-refractivity contribution in [2.24, 2.45) is 5.92 Å². The van der Waals surface area contributed by atoms with Gasteiger partial charge in [0, 0.05) is 48.5 Å². The third-order valence-electron chi connectivity index (χ3n) is 5.68. The zero-order valence-corrected chi connectivity index (χ0v) is 14.9. The maximum Gasteiger partial charge on any atom is 0.139 e. The number of pyridine rings is 2. The molecule has 2 aliphatic rings. The van der Waals surface area contributed by atoms with Gasteiger partial charge in [0.2, 0.25) is 0 Å². The number of aromatic amines is 1. The topological polar surface area (TPSA) is 77.7 Å². The molecule has 1 saturated carbocycles. The summed E-state index contributed by atoms with van der Waals surface area (Å²) < 4.78 is 0. The molecule has 3 aromatic heterocycles. The Kier molecular flexibility index (Phi) is 3.87. The first-order valence-corrected chi connectivity index (χ1v) is 9.41. The molecule has 3 atom stereocenters. The van der Waals surface area contributed by atoms with Crippen LogP contribution in [-0.4, -0.2) is 27.0 Å². The lowest BCUT2D eigenvalue weighted by molar-refractivity contribution is 0.474. The van der Waals surface area contributed by atoms with Gasteiger partial charge in [-0.2, -0.15) is 0 Å². The number of aromatic nitrogens is 3. The van der Waals surface area contributed by atoms with Crippen LogP contribution in [0.1, 0.15) is 36.8 Å². The number of H-pyrrole nitrogens is 1. The molecule has 134 valence electrons. The van der Waals surface area contributed by atoms with Crippen LogP contribution in [0.4, 0.5) is 5.82 Å². The van der Waals surface area contributed by atoms with Crippen LogP contribution in [0, 0.1) is 5.92 Å². The fraction of sp³-hybridized carbons (Fsp3) is 0.400. The standard InChI is InChI=1S/C20H24N6/c1-12-18(19(26-25-12)14-2-3-14)16-10-17(24-20-15(16)6-9-22-20)23-11-13-4-7-21-8-5-13/h4-10,12,14,18-19,25-26H,2-3,11H2,1H3,(H2,22,23,24). The summed E-state index contributed by atoms with van der Waals surface area (Å²) in [4.78, 5) is 12.1. The van der Waals surface area contributed by atoms with Crippen molar-refractivity contribution < 1.29 is 0 Å². The summed E-state index contributed by atoms with van der Waals surface area (Å²) in [7, 11) is 0. The maximum absolute atomic E-state index is 4.77. The summed E-state index contributed by atoms with van der Waals surface area (Å²) in [5.74, 6) is 2.15. The number of fused-ring (bicyclic) bond motifs is 1. The molecule has 4 heterocycles. The molecule has 1 aliphatic carbocycles. The van der Waals surface area contributed by atoms with Gasteiger partial charge < -0.3 is 10.3 Å². The van der Waals surface area contributed by atoms with Crippen molar-refractivity contribution >= 4 is 16.9 Å². The van der Waals surface area contributed by atoms with Crippen molar-refractivity contribution in [3.05, 3.63) is 54.0 Å². The minimum absolute atomic E-state index is 0.397. The fourth-order valence-electron chi connectivity index (χ4n) is 4.17. The van der Waals surface area contributed by atoms with E-state index in [1.807, 2.05) is 30.7 Å². The first kappa shape index (κ1) is 15.8. The Balaban J connectivity index is 1.49. The summed E-state index contributed by atoms with van der Waals surface area (Å²) in [6, 6.07) is 9.34. The third-order valence-corrected chi connectivity index (χ3v) is 5.68. The van der Waals surface area contributed by atoms with Crippen LogP contribution in [0.3, 0.4) is 0 Å². The highest BCUT2D eigenvalue weighted by atomic mass is 15.4. The van der Waals surface area contributed by atoms with Gasteiger partial charge in [0.25, 0.3) is 0 Å². The molecule has 6 nitrogen and oxygen atoms in total. The van der Waals surface area contributed by atoms with Gasteiger partial charge >= 0.3 is 0 Å². The van der Waals surface area contributed by atoms with E-state index in [-0.39, 0.29) is 0 Å². The lowest BCUT2D eigenvalue weighted by Gasteiger charge is -2.23. The van der Waals surface area contributed by atoms with Crippen LogP contribution in [0.25, 0.3) is 11.0 Å². The number of nitrogens with zero attached hydrogens (tertiary/aromatic N) is 2. The van der Waals surface area contributed by atoms with Crippen molar-refractivity contribution in [1.29, 1.82) is 0 Å². The van der Waals surface area contributed by atoms with Gasteiger partial charge in [0.1, 0.15) is 11.5 Å². The Morgan fingerprint density at radius 2 is 2.00 bits per heavy atom. The Morgan fingerprint density at radius 3 is 2.81 bits per heavy atom. The van der Waals surface area contributed by atoms with E-state index in [4.69, 9.17) is 4.98 Å². The normalized spacial score (nSPS) is 25.7. The lowest BCUT2D eigenvalue weighted by atomic mass is 9.84. The highest BCUT2D eigenvalue weighted by molar-refractivity contribution is 5.82. The molecule has 1 saturated heterocycles. The van der Waals surface area contributed by atoms with Gasteiger partial charge in [-0.1, -0.05) is 0 Å². The zero-order chi connectivity index (χ0) is 17.5. The second-order valence-electron chi connectivity index (χ2n) is 7.51. The van der Waals surface area contributed by atoms with E-state index in [0.29, 0.717) is 18.0 Å². The van der Waals surface area contributed by atoms with E-state index in [1.165, 1.54) is 29.4 Å². The molecule has 5 rings (SSSR count). The highest BCUT2D eigenvalue weighted by Gasteiger charge is 2.44. The number of anilines is 1. The zero-order valence-electron chi connectivity index (χ0n) is 14.9. The molecule has 0 radical (unpaired) electrons. The Hall–Kier alpha value is -2.44. The molecule has 0 bridgehead atoms. The second-order valence-corrected chi connectivity index (χ2v) is 7.51. The third kappa shape index (κ3) is 2.85. The van der Waals surface area contributed by atoms with Gasteiger partial charge in [-0.25, -0.2) is 4.98 Å². The molecule has 4 N–H and O–H groups in total. The van der Waals surface area contributed by atoms with Crippen LogP contribution in [0.2, 0.25) is 0 Å². The highest BCUT2D eigenvalue weighted by Crippen LogP contribution is 2.44. The van der Waals surface area contributed by atoms with Crippen LogP contribution in [0.15, 0.2) is 42.9 Å². The summed E-state index contributed by atoms with van der Waals surface area (Å²) in [5, 5.41) is 4.71. The minimum Gasteiger partial charge on any atom is -0.366 e. The van der Waals surface area contributed by atoms with E-state index in [0.717, 1.165) is 23.9 Å². The van der Waals surface area contributed by atoms with Gasteiger partial charge in [0.15, 0.2) is 0 Å². The molecule has 2 fully saturated rings. The molecular formula is C20H24N6. The van der Waals surface area contributed by atoms with E-state index >= 15 is 0 Å². The van der Waals surface area contributed by atoms with Gasteiger partial charge in [-0.15, -0.1) is 0 Å². The first-order valence-electron chi connectivity index (χ1n) is 9.41. The predicted octanol–water partition coefficient (Wildman–Crippen LogP) is 2.93. The molecule has 0 spiro atoms. The molecule has 3 unspecified atom stereocenters. The largest absolute Gasteiger partial charge is 0.366 e. The van der Waals surface area contributed by atoms with Crippen LogP contribution in [-0.2, 0) is 6.54 Å². The monoisotopic (exact) mass is 348 g/mol. The average molecular weight is 348 g/mol. The van der Waals surface area contributed by atoms with Crippen LogP contribution >= 0.6 is 0 Å². The molecule has 6 heteroatoms. The van der Waals surface area contributed by atoms with Crippen molar-refractivity contribution in [1.82, 2.24) is 25.8 Å². The molecular weight excluding hydrogens is 324 g/mol. The lowest BCUT2D eigenvalue weighted by Crippen LogP contribution is -2.33. The number of nitrogens with one attached hydrogen (secondary N) is 4. The van der Waals surface area contributed by atoms with Gasteiger partial charge in [-0.3, -0.25) is 15.8 Å². The summed E-state index contributed by atoms with van der Waals surface area (Å²) in [6.07, 6.45) is 8.29. The maximum atomic E-state index is 4.77. The predicted molar refractivity (Wildman–Crippen MR) is 103 cm³/mol. The van der Waals surface area contributed by atoms with Crippen LogP contribution in [0.5, 0.6) is 0 Å². The Morgan fingerprint density at radius 1 is 1.15 bits per heavy atom. The van der Waals surface area contributed by atoms with Crippen molar-refractivity contribution in [2.45, 2.75) is 44.3 Å². The first-order chi connectivity index (χ1) is 12.8. The Bertz CT molecular complexity index is 901. The van der Waals surface area contributed by atoms with E-state index < -0.39 is 0 Å². The van der Waals surface area contributed by atoms with E-state index in [9.17, 15) is 0 Å². The average Bonchev–Trinajstić information content (AvgIpc) is 3.27. The molecule has 3 aromatic rings. The van der Waals surface area contributed by atoms with E-state index in [1.54, 1.807) is 0 Å². The summed E-state index contributed by atoms with van der Waals surface area (Å²) in [5.41, 5.74) is 10.5. The van der Waals surface area contributed by atoms with Crippen molar-refractivity contribution in [2.75, 3.05) is 5.32 Å². The number of hydrogen-bond donors (Lipinski definition) is 4. The quantitative estimate of drug-likeness (QED) is 0.570.